The van der Waals surface area contributed by atoms with Gasteiger partial charge in [-0.1, -0.05) is 30.3 Å². The van der Waals surface area contributed by atoms with Gasteiger partial charge in [-0.25, -0.2) is 9.48 Å². The summed E-state index contributed by atoms with van der Waals surface area (Å²) in [5.74, 6) is 0. The fourth-order valence-electron chi connectivity index (χ4n) is 3.42. The van der Waals surface area contributed by atoms with Crippen LogP contribution in [0.1, 0.15) is 44.8 Å². The minimum Gasteiger partial charge on any atom is -0.394 e. The maximum absolute atomic E-state index is 12.7. The lowest BCUT2D eigenvalue weighted by Gasteiger charge is -2.36. The number of rotatable bonds is 5. The van der Waals surface area contributed by atoms with Crippen LogP contribution in [0.5, 0.6) is 0 Å². The molecule has 0 saturated carbocycles. The van der Waals surface area contributed by atoms with Crippen molar-refractivity contribution < 1.29 is 9.90 Å². The maximum atomic E-state index is 12.7. The number of aliphatic hydroxyl groups excluding tert-OH is 1. The molecule has 2 N–H and O–H groups in total. The number of para-hydroxylation sites is 1. The van der Waals surface area contributed by atoms with Crippen molar-refractivity contribution in [3.63, 3.8) is 0 Å². The zero-order valence-electron chi connectivity index (χ0n) is 14.7. The minimum absolute atomic E-state index is 0.00447. The molecule has 134 valence electrons. The number of nitrogens with zero attached hydrogens (tertiary/aromatic N) is 4. The zero-order valence-corrected chi connectivity index (χ0v) is 14.7. The Hall–Kier alpha value is -2.41. The molecule has 1 saturated heterocycles. The molecule has 7 heteroatoms. The summed E-state index contributed by atoms with van der Waals surface area (Å²) in [6, 6.07) is 9.30. The van der Waals surface area contributed by atoms with Gasteiger partial charge in [-0.3, -0.25) is 0 Å². The molecule has 2 aromatic rings. The second-order valence-corrected chi connectivity index (χ2v) is 6.59. The monoisotopic (exact) mass is 343 g/mol. The molecule has 2 atom stereocenters. The van der Waals surface area contributed by atoms with E-state index in [9.17, 15) is 9.90 Å². The Labute approximate surface area is 147 Å². The highest BCUT2D eigenvalue weighted by Crippen LogP contribution is 2.32. The molecule has 3 rings (SSSR count). The van der Waals surface area contributed by atoms with Gasteiger partial charge in [-0.05, 0) is 38.3 Å². The normalized spacial score (nSPS) is 21.3. The Morgan fingerprint density at radius 1 is 1.40 bits per heavy atom. The standard InChI is InChI=1S/C18H25N5O2/c1-3-18(13-24)10-7-11-22(18)17(25)19-14(2)16-12-23(21-20-16)15-8-5-4-6-9-15/h4-6,8-9,12,14,24H,3,7,10-11,13H2,1-2H3,(H,19,25)/t14-,18-/m1/s1. The molecule has 7 nitrogen and oxygen atoms in total. The first-order valence-corrected chi connectivity index (χ1v) is 8.76. The van der Waals surface area contributed by atoms with Crippen LogP contribution in [0.2, 0.25) is 0 Å². The first-order valence-electron chi connectivity index (χ1n) is 8.76. The predicted octanol–water partition coefficient (Wildman–Crippen LogP) is 2.27. The van der Waals surface area contributed by atoms with Crippen LogP contribution in [-0.4, -0.2) is 49.7 Å². The number of amides is 2. The van der Waals surface area contributed by atoms with Gasteiger partial charge in [0, 0.05) is 6.54 Å². The third-order valence-electron chi connectivity index (χ3n) is 5.11. The van der Waals surface area contributed by atoms with E-state index < -0.39 is 5.54 Å². The molecule has 25 heavy (non-hydrogen) atoms. The average Bonchev–Trinajstić information content (AvgIpc) is 3.30. The van der Waals surface area contributed by atoms with Crippen LogP contribution >= 0.6 is 0 Å². The van der Waals surface area contributed by atoms with Crippen LogP contribution in [0.3, 0.4) is 0 Å². The largest absolute Gasteiger partial charge is 0.394 e. The first kappa shape index (κ1) is 17.4. The van der Waals surface area contributed by atoms with Crippen molar-refractivity contribution in [2.45, 2.75) is 44.7 Å². The van der Waals surface area contributed by atoms with E-state index in [1.165, 1.54) is 0 Å². The maximum Gasteiger partial charge on any atom is 0.318 e. The third kappa shape index (κ3) is 3.37. The summed E-state index contributed by atoms with van der Waals surface area (Å²) >= 11 is 0. The number of carbonyl (C=O) groups is 1. The van der Waals surface area contributed by atoms with E-state index in [2.05, 4.69) is 15.6 Å². The Morgan fingerprint density at radius 3 is 2.84 bits per heavy atom. The van der Waals surface area contributed by atoms with Crippen molar-refractivity contribution in [2.24, 2.45) is 0 Å². The van der Waals surface area contributed by atoms with Gasteiger partial charge in [-0.2, -0.15) is 0 Å². The molecule has 1 fully saturated rings. The van der Waals surface area contributed by atoms with E-state index >= 15 is 0 Å². The fourth-order valence-corrected chi connectivity index (χ4v) is 3.42. The van der Waals surface area contributed by atoms with Crippen molar-refractivity contribution in [2.75, 3.05) is 13.2 Å². The van der Waals surface area contributed by atoms with Crippen molar-refractivity contribution in [3.05, 3.63) is 42.2 Å². The summed E-state index contributed by atoms with van der Waals surface area (Å²) in [4.78, 5) is 14.5. The van der Waals surface area contributed by atoms with Crippen molar-refractivity contribution in [1.82, 2.24) is 25.2 Å². The first-order chi connectivity index (χ1) is 12.1. The smallest absolute Gasteiger partial charge is 0.318 e. The molecule has 0 spiro atoms. The highest BCUT2D eigenvalue weighted by atomic mass is 16.3. The Bertz CT molecular complexity index is 711. The highest BCUT2D eigenvalue weighted by Gasteiger charge is 2.42. The topological polar surface area (TPSA) is 83.3 Å². The SMILES string of the molecule is CC[C@]1(CO)CCCN1C(=O)N[C@H](C)c1cn(-c2ccccc2)nn1. The number of aromatic nitrogens is 3. The van der Waals surface area contributed by atoms with Gasteiger partial charge in [0.15, 0.2) is 0 Å². The van der Waals surface area contributed by atoms with Crippen LogP contribution in [0.15, 0.2) is 36.5 Å². The van der Waals surface area contributed by atoms with E-state index in [1.54, 1.807) is 9.58 Å². The minimum atomic E-state index is -0.439. The van der Waals surface area contributed by atoms with Crippen LogP contribution in [-0.2, 0) is 0 Å². The van der Waals surface area contributed by atoms with Crippen LogP contribution in [0.25, 0.3) is 5.69 Å². The number of aliphatic hydroxyl groups is 1. The Balaban J connectivity index is 1.69. The molecule has 0 aliphatic carbocycles. The summed E-state index contributed by atoms with van der Waals surface area (Å²) in [6.45, 7) is 4.57. The number of benzene rings is 1. The quantitative estimate of drug-likeness (QED) is 0.872. The van der Waals surface area contributed by atoms with Gasteiger partial charge in [0.25, 0.3) is 0 Å². The number of likely N-dealkylation sites (tertiary alicyclic amines) is 1. The lowest BCUT2D eigenvalue weighted by atomic mass is 9.94. The van der Waals surface area contributed by atoms with E-state index in [0.29, 0.717) is 12.2 Å². The molecule has 0 unspecified atom stereocenters. The fraction of sp³-hybridized carbons (Fsp3) is 0.500. The van der Waals surface area contributed by atoms with Gasteiger partial charge < -0.3 is 15.3 Å². The van der Waals surface area contributed by atoms with Crippen molar-refractivity contribution in [3.8, 4) is 5.69 Å². The van der Waals surface area contributed by atoms with Gasteiger partial charge in [0.05, 0.1) is 30.1 Å². The molecule has 1 aliphatic heterocycles. The van der Waals surface area contributed by atoms with Crippen LogP contribution in [0, 0.1) is 0 Å². The highest BCUT2D eigenvalue weighted by molar-refractivity contribution is 5.76. The van der Waals surface area contributed by atoms with Crippen molar-refractivity contribution >= 4 is 6.03 Å². The summed E-state index contributed by atoms with van der Waals surface area (Å²) in [7, 11) is 0. The number of urea groups is 1. The van der Waals surface area contributed by atoms with Gasteiger partial charge in [0.2, 0.25) is 0 Å². The average molecular weight is 343 g/mol. The Morgan fingerprint density at radius 2 is 2.16 bits per heavy atom. The second-order valence-electron chi connectivity index (χ2n) is 6.59. The number of hydrogen-bond acceptors (Lipinski definition) is 4. The lowest BCUT2D eigenvalue weighted by Crippen LogP contribution is -2.53. The third-order valence-corrected chi connectivity index (χ3v) is 5.11. The predicted molar refractivity (Wildman–Crippen MR) is 94.4 cm³/mol. The van der Waals surface area contributed by atoms with Gasteiger partial charge in [0.1, 0.15) is 5.69 Å². The number of carbonyl (C=O) groups excluding carboxylic acids is 1. The van der Waals surface area contributed by atoms with Crippen LogP contribution < -0.4 is 5.32 Å². The van der Waals surface area contributed by atoms with Crippen molar-refractivity contribution in [1.29, 1.82) is 0 Å². The van der Waals surface area contributed by atoms with E-state index in [4.69, 9.17) is 0 Å². The molecule has 0 bridgehead atoms. The summed E-state index contributed by atoms with van der Waals surface area (Å²) in [5.41, 5.74) is 1.18. The number of nitrogens with one attached hydrogen (secondary N) is 1. The van der Waals surface area contributed by atoms with Gasteiger partial charge in [-0.15, -0.1) is 5.10 Å². The molecular formula is C18H25N5O2. The summed E-state index contributed by atoms with van der Waals surface area (Å²) in [5, 5.41) is 21.1. The zero-order chi connectivity index (χ0) is 17.9. The van der Waals surface area contributed by atoms with Crippen LogP contribution in [0.4, 0.5) is 4.79 Å². The molecule has 2 heterocycles. The summed E-state index contributed by atoms with van der Waals surface area (Å²) in [6.07, 6.45) is 4.32. The molecule has 1 aromatic heterocycles. The Kier molecular flexibility index (Phi) is 5.03. The molecule has 1 aromatic carbocycles. The van der Waals surface area contributed by atoms with E-state index in [-0.39, 0.29) is 18.7 Å². The molecule has 0 radical (unpaired) electrons. The molecular weight excluding hydrogens is 318 g/mol. The van der Waals surface area contributed by atoms with E-state index in [0.717, 1.165) is 24.9 Å². The molecule has 2 amide bonds. The summed E-state index contributed by atoms with van der Waals surface area (Å²) < 4.78 is 1.69. The molecule has 1 aliphatic rings. The number of hydrogen-bond donors (Lipinski definition) is 2. The van der Waals surface area contributed by atoms with E-state index in [1.807, 2.05) is 50.4 Å². The lowest BCUT2D eigenvalue weighted by molar-refractivity contribution is 0.0799. The van der Waals surface area contributed by atoms with Gasteiger partial charge >= 0.3 is 6.03 Å². The second kappa shape index (κ2) is 7.23.